The highest BCUT2D eigenvalue weighted by molar-refractivity contribution is 5.79. The predicted octanol–water partition coefficient (Wildman–Crippen LogP) is 0.123. The molecule has 1 amide bonds. The van der Waals surface area contributed by atoms with E-state index in [0.717, 1.165) is 45.6 Å². The van der Waals surface area contributed by atoms with Gasteiger partial charge in [0.2, 0.25) is 5.91 Å². The lowest BCUT2D eigenvalue weighted by Gasteiger charge is -2.34. The molecule has 1 heterocycles. The molecule has 0 saturated carbocycles. The zero-order chi connectivity index (χ0) is 13.7. The molecule has 0 aromatic heterocycles. The molecule has 0 aromatic rings. The molecular weight excluding hydrogens is 242 g/mol. The molecule has 0 aromatic carbocycles. The van der Waals surface area contributed by atoms with Crippen LogP contribution >= 0.6 is 0 Å². The molecule has 108 valence electrons. The molecule has 0 unspecified atom stereocenters. The smallest absolute Gasteiger partial charge is 0.240 e. The number of hydrogen-bond acceptors (Lipinski definition) is 4. The highest BCUT2D eigenvalue weighted by Gasteiger charge is 2.22. The summed E-state index contributed by atoms with van der Waals surface area (Å²) in [6, 6.07) is 0. The van der Waals surface area contributed by atoms with Gasteiger partial charge in [0.15, 0.2) is 0 Å². The molecule has 5 nitrogen and oxygen atoms in total. The number of rotatable bonds is 5. The van der Waals surface area contributed by atoms with Gasteiger partial charge in [0.25, 0.3) is 0 Å². The maximum Gasteiger partial charge on any atom is 0.240 e. The predicted molar refractivity (Wildman–Crippen MR) is 74.7 cm³/mol. The summed E-state index contributed by atoms with van der Waals surface area (Å²) in [7, 11) is 1.89. The van der Waals surface area contributed by atoms with Crippen LogP contribution in [0.15, 0.2) is 11.8 Å². The molecule has 2 aliphatic rings. The lowest BCUT2D eigenvalue weighted by Crippen LogP contribution is -2.50. The normalized spacial score (nSPS) is 21.5. The average molecular weight is 267 g/mol. The van der Waals surface area contributed by atoms with Crippen LogP contribution < -0.4 is 0 Å². The zero-order valence-electron chi connectivity index (χ0n) is 11.8. The van der Waals surface area contributed by atoms with E-state index >= 15 is 0 Å². The SMILES string of the molecule is CN(C(=O)CN1CCN(CCO)CC1)C1=CCCC1. The van der Waals surface area contributed by atoms with Crippen molar-refractivity contribution in [3.8, 4) is 0 Å². The molecule has 1 N–H and O–H groups in total. The van der Waals surface area contributed by atoms with E-state index in [2.05, 4.69) is 15.9 Å². The Labute approximate surface area is 115 Å². The third-order valence-corrected chi connectivity index (χ3v) is 4.06. The number of carbonyl (C=O) groups is 1. The largest absolute Gasteiger partial charge is 0.395 e. The van der Waals surface area contributed by atoms with Crippen LogP contribution in [-0.2, 0) is 4.79 Å². The number of piperazine rings is 1. The molecular formula is C14H25N3O2. The Morgan fingerprint density at radius 1 is 1.32 bits per heavy atom. The highest BCUT2D eigenvalue weighted by Crippen LogP contribution is 2.20. The third kappa shape index (κ3) is 4.03. The van der Waals surface area contributed by atoms with E-state index in [4.69, 9.17) is 5.11 Å². The fraction of sp³-hybridized carbons (Fsp3) is 0.786. The van der Waals surface area contributed by atoms with Gasteiger partial charge in [-0.05, 0) is 19.3 Å². The van der Waals surface area contributed by atoms with Gasteiger partial charge in [-0.1, -0.05) is 6.08 Å². The Balaban J connectivity index is 1.74. The van der Waals surface area contributed by atoms with Crippen molar-refractivity contribution in [1.82, 2.24) is 14.7 Å². The van der Waals surface area contributed by atoms with E-state index in [-0.39, 0.29) is 12.5 Å². The van der Waals surface area contributed by atoms with Gasteiger partial charge in [0.1, 0.15) is 0 Å². The molecule has 2 rings (SSSR count). The van der Waals surface area contributed by atoms with Gasteiger partial charge < -0.3 is 10.0 Å². The number of nitrogens with zero attached hydrogens (tertiary/aromatic N) is 3. The maximum absolute atomic E-state index is 12.2. The van der Waals surface area contributed by atoms with Crippen LogP contribution in [0.4, 0.5) is 0 Å². The molecule has 1 saturated heterocycles. The Hall–Kier alpha value is -0.910. The van der Waals surface area contributed by atoms with Gasteiger partial charge in [-0.3, -0.25) is 14.6 Å². The van der Waals surface area contributed by atoms with Crippen molar-refractivity contribution >= 4 is 5.91 Å². The van der Waals surface area contributed by atoms with Crippen LogP contribution in [0.2, 0.25) is 0 Å². The second-order valence-electron chi connectivity index (χ2n) is 5.38. The molecule has 0 bridgehead atoms. The maximum atomic E-state index is 12.2. The molecule has 0 atom stereocenters. The van der Waals surface area contributed by atoms with Crippen molar-refractivity contribution in [2.45, 2.75) is 19.3 Å². The summed E-state index contributed by atoms with van der Waals surface area (Å²) in [4.78, 5) is 18.5. The number of allylic oxidation sites excluding steroid dienone is 2. The lowest BCUT2D eigenvalue weighted by atomic mass is 10.3. The van der Waals surface area contributed by atoms with E-state index in [9.17, 15) is 4.79 Å². The minimum absolute atomic E-state index is 0.198. The van der Waals surface area contributed by atoms with Crippen molar-refractivity contribution in [1.29, 1.82) is 0 Å². The summed E-state index contributed by atoms with van der Waals surface area (Å²) in [5, 5.41) is 8.90. The summed E-state index contributed by atoms with van der Waals surface area (Å²) in [5.41, 5.74) is 1.18. The number of aliphatic hydroxyl groups is 1. The number of β-amino-alcohol motifs (C(OH)–C–C–N with tert-alkyl or cyclic N) is 1. The first kappa shape index (κ1) is 14.5. The second-order valence-corrected chi connectivity index (χ2v) is 5.38. The zero-order valence-corrected chi connectivity index (χ0v) is 11.8. The van der Waals surface area contributed by atoms with Crippen molar-refractivity contribution in [2.75, 3.05) is 52.9 Å². The first-order valence-corrected chi connectivity index (χ1v) is 7.22. The van der Waals surface area contributed by atoms with Crippen LogP contribution in [0.3, 0.4) is 0 Å². The summed E-state index contributed by atoms with van der Waals surface area (Å²) in [6.07, 6.45) is 5.49. The Morgan fingerprint density at radius 2 is 2.00 bits per heavy atom. The van der Waals surface area contributed by atoms with Gasteiger partial charge in [0, 0.05) is 45.5 Å². The number of carbonyl (C=O) groups excluding carboxylic acids is 1. The lowest BCUT2D eigenvalue weighted by molar-refractivity contribution is -0.129. The van der Waals surface area contributed by atoms with E-state index in [1.807, 2.05) is 11.9 Å². The van der Waals surface area contributed by atoms with E-state index in [0.29, 0.717) is 6.54 Å². The second kappa shape index (κ2) is 7.03. The first-order chi connectivity index (χ1) is 9.20. The van der Waals surface area contributed by atoms with E-state index in [1.165, 1.54) is 12.1 Å². The van der Waals surface area contributed by atoms with Crippen molar-refractivity contribution < 1.29 is 9.90 Å². The summed E-state index contributed by atoms with van der Waals surface area (Å²) in [5.74, 6) is 0.198. The van der Waals surface area contributed by atoms with Crippen molar-refractivity contribution in [3.05, 3.63) is 11.8 Å². The number of hydrogen-bond donors (Lipinski definition) is 1. The standard InChI is InChI=1S/C14H25N3O2/c1-15(13-4-2-3-5-13)14(19)12-17-8-6-16(7-9-17)10-11-18/h4,18H,2-3,5-12H2,1H3. The van der Waals surface area contributed by atoms with Crippen LogP contribution in [0, 0.1) is 0 Å². The van der Waals surface area contributed by atoms with Crippen LogP contribution in [0.1, 0.15) is 19.3 Å². The highest BCUT2D eigenvalue weighted by atomic mass is 16.3. The average Bonchev–Trinajstić information content (AvgIpc) is 2.94. The van der Waals surface area contributed by atoms with Crippen molar-refractivity contribution in [2.24, 2.45) is 0 Å². The van der Waals surface area contributed by atoms with Gasteiger partial charge in [-0.2, -0.15) is 0 Å². The van der Waals surface area contributed by atoms with Crippen LogP contribution in [-0.4, -0.2) is 78.6 Å². The van der Waals surface area contributed by atoms with Crippen LogP contribution in [0.25, 0.3) is 0 Å². The fourth-order valence-electron chi connectivity index (χ4n) is 2.73. The van der Waals surface area contributed by atoms with Crippen molar-refractivity contribution in [3.63, 3.8) is 0 Å². The molecule has 0 radical (unpaired) electrons. The molecule has 0 spiro atoms. The Kier molecular flexibility index (Phi) is 5.36. The first-order valence-electron chi connectivity index (χ1n) is 7.22. The van der Waals surface area contributed by atoms with Gasteiger partial charge in [-0.25, -0.2) is 0 Å². The quantitative estimate of drug-likeness (QED) is 0.769. The Morgan fingerprint density at radius 3 is 2.58 bits per heavy atom. The number of aliphatic hydroxyl groups excluding tert-OH is 1. The minimum Gasteiger partial charge on any atom is -0.395 e. The number of amides is 1. The fourth-order valence-corrected chi connectivity index (χ4v) is 2.73. The van der Waals surface area contributed by atoms with Gasteiger partial charge >= 0.3 is 0 Å². The molecule has 5 heteroatoms. The van der Waals surface area contributed by atoms with Gasteiger partial charge in [0.05, 0.1) is 13.2 Å². The molecule has 1 aliphatic carbocycles. The Bertz CT molecular complexity index is 336. The topological polar surface area (TPSA) is 47.0 Å². The third-order valence-electron chi connectivity index (χ3n) is 4.06. The minimum atomic E-state index is 0.198. The molecule has 19 heavy (non-hydrogen) atoms. The molecule has 1 aliphatic heterocycles. The summed E-state index contributed by atoms with van der Waals surface area (Å²) >= 11 is 0. The van der Waals surface area contributed by atoms with E-state index in [1.54, 1.807) is 0 Å². The summed E-state index contributed by atoms with van der Waals surface area (Å²) in [6.45, 7) is 5.20. The molecule has 1 fully saturated rings. The number of likely N-dealkylation sites (N-methyl/N-ethyl adjacent to an activating group) is 1. The van der Waals surface area contributed by atoms with Crippen LogP contribution in [0.5, 0.6) is 0 Å². The summed E-state index contributed by atoms with van der Waals surface area (Å²) < 4.78 is 0. The monoisotopic (exact) mass is 267 g/mol. The van der Waals surface area contributed by atoms with E-state index < -0.39 is 0 Å². The van der Waals surface area contributed by atoms with Gasteiger partial charge in [-0.15, -0.1) is 0 Å².